The Balaban J connectivity index is 2.11. The van der Waals surface area contributed by atoms with Crippen molar-refractivity contribution in [2.24, 2.45) is 0 Å². The molecule has 88 valence electrons. The van der Waals surface area contributed by atoms with Crippen LogP contribution in [0.3, 0.4) is 0 Å². The molecule has 2 atom stereocenters. The predicted molar refractivity (Wildman–Crippen MR) is 62.2 cm³/mol. The predicted octanol–water partition coefficient (Wildman–Crippen LogP) is 1.95. The SMILES string of the molecule is CO[C@H]1CNC[C@@H]1Oc1cccc(Br)c1F. The largest absolute Gasteiger partial charge is 0.483 e. The van der Waals surface area contributed by atoms with Crippen molar-refractivity contribution in [2.75, 3.05) is 20.2 Å². The van der Waals surface area contributed by atoms with Gasteiger partial charge in [0.25, 0.3) is 0 Å². The summed E-state index contributed by atoms with van der Waals surface area (Å²) < 4.78 is 24.9. The molecule has 3 nitrogen and oxygen atoms in total. The lowest BCUT2D eigenvalue weighted by atomic mass is 10.2. The lowest BCUT2D eigenvalue weighted by molar-refractivity contribution is 0.0328. The van der Waals surface area contributed by atoms with Crippen LogP contribution in [0.15, 0.2) is 22.7 Å². The van der Waals surface area contributed by atoms with E-state index in [0.717, 1.165) is 6.54 Å². The average Bonchev–Trinajstić information content (AvgIpc) is 2.72. The minimum atomic E-state index is -0.371. The Bertz CT molecular complexity index is 375. The van der Waals surface area contributed by atoms with Gasteiger partial charge in [-0.15, -0.1) is 0 Å². The molecular formula is C11H13BrFNO2. The molecule has 1 saturated heterocycles. The molecule has 0 aromatic heterocycles. The second kappa shape index (κ2) is 5.12. The molecule has 0 spiro atoms. The van der Waals surface area contributed by atoms with Crippen molar-refractivity contribution in [3.8, 4) is 5.75 Å². The van der Waals surface area contributed by atoms with Crippen LogP contribution < -0.4 is 10.1 Å². The lowest BCUT2D eigenvalue weighted by Gasteiger charge is -2.19. The normalized spacial score (nSPS) is 24.7. The van der Waals surface area contributed by atoms with Crippen LogP contribution in [0, 0.1) is 5.82 Å². The van der Waals surface area contributed by atoms with E-state index in [-0.39, 0.29) is 23.8 Å². The van der Waals surface area contributed by atoms with Gasteiger partial charge in [-0.1, -0.05) is 6.07 Å². The first-order chi connectivity index (χ1) is 7.72. The highest BCUT2D eigenvalue weighted by atomic mass is 79.9. The van der Waals surface area contributed by atoms with Gasteiger partial charge in [0, 0.05) is 20.2 Å². The summed E-state index contributed by atoms with van der Waals surface area (Å²) in [4.78, 5) is 0. The number of hydrogen-bond donors (Lipinski definition) is 1. The van der Waals surface area contributed by atoms with Gasteiger partial charge in [0.05, 0.1) is 4.47 Å². The summed E-state index contributed by atoms with van der Waals surface area (Å²) >= 11 is 3.13. The maximum Gasteiger partial charge on any atom is 0.179 e. The van der Waals surface area contributed by atoms with E-state index < -0.39 is 0 Å². The molecule has 0 aliphatic carbocycles. The maximum atomic E-state index is 13.7. The molecule has 0 amide bonds. The average molecular weight is 290 g/mol. The molecule has 0 radical (unpaired) electrons. The van der Waals surface area contributed by atoms with E-state index in [2.05, 4.69) is 21.2 Å². The fraction of sp³-hybridized carbons (Fsp3) is 0.455. The van der Waals surface area contributed by atoms with Crippen molar-refractivity contribution >= 4 is 15.9 Å². The molecule has 1 aliphatic heterocycles. The molecule has 1 aliphatic rings. The fourth-order valence-corrected chi connectivity index (χ4v) is 2.07. The van der Waals surface area contributed by atoms with Crippen molar-refractivity contribution in [1.29, 1.82) is 0 Å². The number of benzene rings is 1. The molecule has 5 heteroatoms. The smallest absolute Gasteiger partial charge is 0.179 e. The van der Waals surface area contributed by atoms with Gasteiger partial charge in [0.2, 0.25) is 0 Å². The van der Waals surface area contributed by atoms with E-state index in [1.165, 1.54) is 0 Å². The van der Waals surface area contributed by atoms with E-state index in [1.54, 1.807) is 25.3 Å². The van der Waals surface area contributed by atoms with Gasteiger partial charge in [-0.25, -0.2) is 4.39 Å². The van der Waals surface area contributed by atoms with E-state index in [4.69, 9.17) is 9.47 Å². The van der Waals surface area contributed by atoms with Crippen molar-refractivity contribution in [3.05, 3.63) is 28.5 Å². The number of methoxy groups -OCH3 is 1. The van der Waals surface area contributed by atoms with E-state index in [0.29, 0.717) is 11.0 Å². The van der Waals surface area contributed by atoms with Crippen LogP contribution in [0.5, 0.6) is 5.75 Å². The third kappa shape index (κ3) is 2.36. The zero-order valence-electron chi connectivity index (χ0n) is 8.87. The second-order valence-corrected chi connectivity index (χ2v) is 4.49. The highest BCUT2D eigenvalue weighted by molar-refractivity contribution is 9.10. The molecule has 2 rings (SSSR count). The Morgan fingerprint density at radius 2 is 2.12 bits per heavy atom. The van der Waals surface area contributed by atoms with Crippen LogP contribution in [-0.2, 0) is 4.74 Å². The van der Waals surface area contributed by atoms with Crippen LogP contribution in [0.1, 0.15) is 0 Å². The summed E-state index contributed by atoms with van der Waals surface area (Å²) in [5.74, 6) is -0.116. The van der Waals surface area contributed by atoms with Gasteiger partial charge in [-0.05, 0) is 28.1 Å². The molecular weight excluding hydrogens is 277 g/mol. The third-order valence-electron chi connectivity index (χ3n) is 2.60. The van der Waals surface area contributed by atoms with Crippen molar-refractivity contribution < 1.29 is 13.9 Å². The number of rotatable bonds is 3. The Morgan fingerprint density at radius 1 is 1.38 bits per heavy atom. The monoisotopic (exact) mass is 289 g/mol. The van der Waals surface area contributed by atoms with Crippen LogP contribution in [0.25, 0.3) is 0 Å². The van der Waals surface area contributed by atoms with Crippen LogP contribution in [0.4, 0.5) is 4.39 Å². The Labute approximate surface area is 102 Å². The Kier molecular flexibility index (Phi) is 3.78. The molecule has 1 aromatic carbocycles. The van der Waals surface area contributed by atoms with Gasteiger partial charge < -0.3 is 14.8 Å². The Morgan fingerprint density at radius 3 is 2.88 bits per heavy atom. The topological polar surface area (TPSA) is 30.5 Å². The summed E-state index contributed by atoms with van der Waals surface area (Å²) in [6.45, 7) is 1.40. The molecule has 1 fully saturated rings. The molecule has 1 aromatic rings. The number of hydrogen-bond acceptors (Lipinski definition) is 3. The fourth-order valence-electron chi connectivity index (χ4n) is 1.72. The zero-order chi connectivity index (χ0) is 11.5. The lowest BCUT2D eigenvalue weighted by Crippen LogP contribution is -2.31. The van der Waals surface area contributed by atoms with Gasteiger partial charge in [-0.3, -0.25) is 0 Å². The third-order valence-corrected chi connectivity index (χ3v) is 3.22. The molecule has 1 heterocycles. The highest BCUT2D eigenvalue weighted by Gasteiger charge is 2.29. The summed E-state index contributed by atoms with van der Waals surface area (Å²) in [6, 6.07) is 5.00. The first-order valence-electron chi connectivity index (χ1n) is 5.06. The van der Waals surface area contributed by atoms with E-state index in [1.807, 2.05) is 0 Å². The summed E-state index contributed by atoms with van der Waals surface area (Å²) in [5.41, 5.74) is 0. The quantitative estimate of drug-likeness (QED) is 0.923. The highest BCUT2D eigenvalue weighted by Crippen LogP contribution is 2.26. The number of halogens is 2. The van der Waals surface area contributed by atoms with Gasteiger partial charge in [0.1, 0.15) is 12.2 Å². The van der Waals surface area contributed by atoms with Crippen molar-refractivity contribution in [2.45, 2.75) is 12.2 Å². The van der Waals surface area contributed by atoms with Crippen LogP contribution in [0.2, 0.25) is 0 Å². The van der Waals surface area contributed by atoms with Gasteiger partial charge in [-0.2, -0.15) is 0 Å². The second-order valence-electron chi connectivity index (χ2n) is 3.64. The standard InChI is InChI=1S/C11H13BrFNO2/c1-15-9-5-14-6-10(9)16-8-4-2-3-7(12)11(8)13/h2-4,9-10,14H,5-6H2,1H3/t9-,10-/m0/s1. The molecule has 16 heavy (non-hydrogen) atoms. The van der Waals surface area contributed by atoms with Crippen molar-refractivity contribution in [3.63, 3.8) is 0 Å². The molecule has 1 N–H and O–H groups in total. The minimum Gasteiger partial charge on any atom is -0.483 e. The molecule has 0 saturated carbocycles. The number of nitrogens with one attached hydrogen (secondary N) is 1. The van der Waals surface area contributed by atoms with Gasteiger partial charge in [0.15, 0.2) is 11.6 Å². The maximum absolute atomic E-state index is 13.7. The summed E-state index contributed by atoms with van der Waals surface area (Å²) in [7, 11) is 1.63. The Hall–Kier alpha value is -0.650. The summed E-state index contributed by atoms with van der Waals surface area (Å²) in [6.07, 6.45) is -0.174. The zero-order valence-corrected chi connectivity index (χ0v) is 10.5. The first kappa shape index (κ1) is 11.8. The molecule has 0 bridgehead atoms. The number of ether oxygens (including phenoxy) is 2. The van der Waals surface area contributed by atoms with Crippen LogP contribution >= 0.6 is 15.9 Å². The minimum absolute atomic E-state index is 0.0293. The molecule has 0 unspecified atom stereocenters. The first-order valence-corrected chi connectivity index (χ1v) is 5.86. The summed E-state index contributed by atoms with van der Waals surface area (Å²) in [5, 5.41) is 3.14. The van der Waals surface area contributed by atoms with Crippen LogP contribution in [-0.4, -0.2) is 32.4 Å². The van der Waals surface area contributed by atoms with E-state index >= 15 is 0 Å². The van der Waals surface area contributed by atoms with E-state index in [9.17, 15) is 4.39 Å². The van der Waals surface area contributed by atoms with Gasteiger partial charge >= 0.3 is 0 Å². The van der Waals surface area contributed by atoms with Crippen molar-refractivity contribution in [1.82, 2.24) is 5.32 Å².